The predicted molar refractivity (Wildman–Crippen MR) is 55.9 cm³/mol. The van der Waals surface area contributed by atoms with Crippen LogP contribution in [-0.2, 0) is 0 Å². The SMILES string of the molecule is CCC(=Cc1cncn1C1CC1)CO. The molecule has 1 aromatic heterocycles. The average Bonchev–Trinajstić information content (AvgIpc) is 2.95. The van der Waals surface area contributed by atoms with E-state index in [0.29, 0.717) is 6.04 Å². The van der Waals surface area contributed by atoms with Crippen LogP contribution in [0.2, 0.25) is 0 Å². The van der Waals surface area contributed by atoms with Gasteiger partial charge in [0.05, 0.1) is 24.8 Å². The normalized spacial score (nSPS) is 17.4. The lowest BCUT2D eigenvalue weighted by atomic mass is 10.2. The fraction of sp³-hybridized carbons (Fsp3) is 0.545. The van der Waals surface area contributed by atoms with E-state index in [-0.39, 0.29) is 6.61 Å². The number of imidazole rings is 1. The topological polar surface area (TPSA) is 38.0 Å². The van der Waals surface area contributed by atoms with E-state index < -0.39 is 0 Å². The van der Waals surface area contributed by atoms with Gasteiger partial charge in [-0.1, -0.05) is 6.92 Å². The van der Waals surface area contributed by atoms with E-state index >= 15 is 0 Å². The molecule has 3 nitrogen and oxygen atoms in total. The first kappa shape index (κ1) is 9.46. The Labute approximate surface area is 84.1 Å². The summed E-state index contributed by atoms with van der Waals surface area (Å²) in [5.74, 6) is 0. The van der Waals surface area contributed by atoms with Crippen molar-refractivity contribution in [2.24, 2.45) is 0 Å². The highest BCUT2D eigenvalue weighted by Gasteiger charge is 2.24. The number of hydrogen-bond donors (Lipinski definition) is 1. The van der Waals surface area contributed by atoms with E-state index in [1.807, 2.05) is 18.6 Å². The Morgan fingerprint density at radius 2 is 2.50 bits per heavy atom. The average molecular weight is 192 g/mol. The van der Waals surface area contributed by atoms with Crippen molar-refractivity contribution >= 4 is 6.08 Å². The summed E-state index contributed by atoms with van der Waals surface area (Å²) in [5.41, 5.74) is 2.19. The van der Waals surface area contributed by atoms with Crippen LogP contribution in [0.1, 0.15) is 37.9 Å². The molecule has 14 heavy (non-hydrogen) atoms. The van der Waals surface area contributed by atoms with Gasteiger partial charge in [-0.05, 0) is 30.9 Å². The van der Waals surface area contributed by atoms with E-state index in [0.717, 1.165) is 17.7 Å². The van der Waals surface area contributed by atoms with Gasteiger partial charge in [-0.3, -0.25) is 0 Å². The van der Waals surface area contributed by atoms with Gasteiger partial charge in [0.2, 0.25) is 0 Å². The minimum Gasteiger partial charge on any atom is -0.392 e. The van der Waals surface area contributed by atoms with Crippen LogP contribution in [-0.4, -0.2) is 21.3 Å². The Balaban J connectivity index is 2.22. The van der Waals surface area contributed by atoms with E-state index in [1.54, 1.807) is 0 Å². The fourth-order valence-corrected chi connectivity index (χ4v) is 1.55. The summed E-state index contributed by atoms with van der Waals surface area (Å²) in [5, 5.41) is 9.07. The molecule has 1 aliphatic rings. The highest BCUT2D eigenvalue weighted by molar-refractivity contribution is 5.49. The van der Waals surface area contributed by atoms with Gasteiger partial charge >= 0.3 is 0 Å². The van der Waals surface area contributed by atoms with Crippen molar-refractivity contribution in [2.45, 2.75) is 32.2 Å². The summed E-state index contributed by atoms with van der Waals surface area (Å²) < 4.78 is 2.20. The number of hydrogen-bond acceptors (Lipinski definition) is 2. The molecule has 0 amide bonds. The first-order valence-electron chi connectivity index (χ1n) is 5.17. The van der Waals surface area contributed by atoms with Crippen molar-refractivity contribution in [3.05, 3.63) is 23.8 Å². The van der Waals surface area contributed by atoms with Crippen molar-refractivity contribution in [1.82, 2.24) is 9.55 Å². The van der Waals surface area contributed by atoms with E-state index in [1.165, 1.54) is 12.8 Å². The molecule has 0 spiro atoms. The van der Waals surface area contributed by atoms with Crippen LogP contribution >= 0.6 is 0 Å². The van der Waals surface area contributed by atoms with Gasteiger partial charge in [0.15, 0.2) is 0 Å². The maximum absolute atomic E-state index is 9.07. The predicted octanol–water partition coefficient (Wildman–Crippen LogP) is 2.00. The third kappa shape index (κ3) is 1.87. The molecular weight excluding hydrogens is 176 g/mol. The number of aliphatic hydroxyl groups is 1. The first-order chi connectivity index (χ1) is 6.85. The molecule has 1 aromatic rings. The highest BCUT2D eigenvalue weighted by Crippen LogP contribution is 2.36. The van der Waals surface area contributed by atoms with E-state index in [2.05, 4.69) is 16.5 Å². The Kier molecular flexibility index (Phi) is 2.68. The largest absolute Gasteiger partial charge is 0.392 e. The summed E-state index contributed by atoms with van der Waals surface area (Å²) >= 11 is 0. The lowest BCUT2D eigenvalue weighted by Gasteiger charge is -2.04. The van der Waals surface area contributed by atoms with Crippen LogP contribution in [0.4, 0.5) is 0 Å². The summed E-state index contributed by atoms with van der Waals surface area (Å²) in [6, 6.07) is 0.653. The van der Waals surface area contributed by atoms with Crippen molar-refractivity contribution in [3.8, 4) is 0 Å². The smallest absolute Gasteiger partial charge is 0.0953 e. The number of rotatable bonds is 4. The molecule has 0 radical (unpaired) electrons. The van der Waals surface area contributed by atoms with E-state index in [9.17, 15) is 0 Å². The summed E-state index contributed by atoms with van der Waals surface area (Å²) in [6.07, 6.45) is 9.21. The zero-order valence-electron chi connectivity index (χ0n) is 8.48. The molecule has 0 bridgehead atoms. The van der Waals surface area contributed by atoms with Gasteiger partial charge in [0, 0.05) is 6.04 Å². The molecule has 76 valence electrons. The van der Waals surface area contributed by atoms with Crippen LogP contribution < -0.4 is 0 Å². The fourth-order valence-electron chi connectivity index (χ4n) is 1.55. The minimum absolute atomic E-state index is 0.145. The van der Waals surface area contributed by atoms with Crippen LogP contribution in [0, 0.1) is 0 Å². The number of nitrogens with zero attached hydrogens (tertiary/aromatic N) is 2. The van der Waals surface area contributed by atoms with Crippen molar-refractivity contribution in [2.75, 3.05) is 6.61 Å². The zero-order valence-corrected chi connectivity index (χ0v) is 8.48. The Hall–Kier alpha value is -1.09. The second-order valence-corrected chi connectivity index (χ2v) is 3.77. The van der Waals surface area contributed by atoms with Crippen molar-refractivity contribution in [1.29, 1.82) is 0 Å². The molecule has 0 atom stereocenters. The Bertz CT molecular complexity index is 331. The Morgan fingerprint density at radius 3 is 3.07 bits per heavy atom. The van der Waals surface area contributed by atoms with Crippen LogP contribution in [0.3, 0.4) is 0 Å². The quantitative estimate of drug-likeness (QED) is 0.792. The maximum Gasteiger partial charge on any atom is 0.0953 e. The molecule has 0 unspecified atom stereocenters. The lowest BCUT2D eigenvalue weighted by molar-refractivity contribution is 0.329. The van der Waals surface area contributed by atoms with Crippen molar-refractivity contribution < 1.29 is 5.11 Å². The molecule has 0 aromatic carbocycles. The standard InChI is InChI=1S/C11H16N2O/c1-2-9(7-14)5-11-6-12-8-13(11)10-3-4-10/h5-6,8,10,14H,2-4,7H2,1H3. The zero-order chi connectivity index (χ0) is 9.97. The Morgan fingerprint density at radius 1 is 1.71 bits per heavy atom. The van der Waals surface area contributed by atoms with Crippen LogP contribution in [0.5, 0.6) is 0 Å². The summed E-state index contributed by atoms with van der Waals surface area (Å²) in [6.45, 7) is 2.20. The molecule has 0 saturated heterocycles. The third-order valence-corrected chi connectivity index (χ3v) is 2.65. The monoisotopic (exact) mass is 192 g/mol. The molecule has 1 aliphatic carbocycles. The molecule has 1 saturated carbocycles. The molecule has 3 heteroatoms. The number of aliphatic hydroxyl groups excluding tert-OH is 1. The second-order valence-electron chi connectivity index (χ2n) is 3.77. The highest BCUT2D eigenvalue weighted by atomic mass is 16.3. The van der Waals surface area contributed by atoms with Crippen LogP contribution in [0.25, 0.3) is 6.08 Å². The second kappa shape index (κ2) is 3.96. The molecular formula is C11H16N2O. The first-order valence-corrected chi connectivity index (χ1v) is 5.17. The van der Waals surface area contributed by atoms with Gasteiger partial charge in [-0.15, -0.1) is 0 Å². The van der Waals surface area contributed by atoms with Crippen LogP contribution in [0.15, 0.2) is 18.1 Å². The van der Waals surface area contributed by atoms with Gasteiger partial charge in [0.25, 0.3) is 0 Å². The summed E-state index contributed by atoms with van der Waals surface area (Å²) in [4.78, 5) is 4.14. The lowest BCUT2D eigenvalue weighted by Crippen LogP contribution is -1.96. The van der Waals surface area contributed by atoms with Gasteiger partial charge < -0.3 is 9.67 Å². The molecule has 1 N–H and O–H groups in total. The molecule has 2 rings (SSSR count). The van der Waals surface area contributed by atoms with Gasteiger partial charge in [0.1, 0.15) is 0 Å². The third-order valence-electron chi connectivity index (χ3n) is 2.65. The summed E-state index contributed by atoms with van der Waals surface area (Å²) in [7, 11) is 0. The van der Waals surface area contributed by atoms with Crippen molar-refractivity contribution in [3.63, 3.8) is 0 Å². The minimum atomic E-state index is 0.145. The molecule has 1 heterocycles. The van der Waals surface area contributed by atoms with E-state index in [4.69, 9.17) is 5.11 Å². The van der Waals surface area contributed by atoms with Gasteiger partial charge in [-0.25, -0.2) is 4.98 Å². The molecule has 0 aliphatic heterocycles. The number of aromatic nitrogens is 2. The molecule has 1 fully saturated rings. The van der Waals surface area contributed by atoms with Gasteiger partial charge in [-0.2, -0.15) is 0 Å². The maximum atomic E-state index is 9.07.